The van der Waals surface area contributed by atoms with Gasteiger partial charge < -0.3 is 14.6 Å². The molecule has 0 spiro atoms. The van der Waals surface area contributed by atoms with Crippen LogP contribution in [0.4, 0.5) is 0 Å². The van der Waals surface area contributed by atoms with Gasteiger partial charge in [0, 0.05) is 23.3 Å². The molecule has 2 N–H and O–H groups in total. The Kier molecular flexibility index (Phi) is 6.46. The summed E-state index contributed by atoms with van der Waals surface area (Å²) in [5.74, 6) is 0.0918. The quantitative estimate of drug-likeness (QED) is 0.465. The average Bonchev–Trinajstić information content (AvgIpc) is 2.67. The second-order valence-corrected chi connectivity index (χ2v) is 8.01. The third-order valence-corrected chi connectivity index (χ3v) is 5.16. The fourth-order valence-electron chi connectivity index (χ4n) is 3.36. The standard InChI is InChI=1S/C26H28O4/c1-16(2)6-5-7-17(3)10-13-20-21(27)14-24-25(26(20)29)22(28)15-23(30-24)19-11-8-18(4)9-12-19/h6,8-12,14-15,27,29H,5,7,13H2,1-4H3/b17-10+. The van der Waals surface area contributed by atoms with Gasteiger partial charge >= 0.3 is 0 Å². The summed E-state index contributed by atoms with van der Waals surface area (Å²) in [6.45, 7) is 8.14. The number of hydrogen-bond acceptors (Lipinski definition) is 4. The first-order valence-electron chi connectivity index (χ1n) is 10.1. The topological polar surface area (TPSA) is 70.7 Å². The largest absolute Gasteiger partial charge is 0.507 e. The Morgan fingerprint density at radius 3 is 2.40 bits per heavy atom. The molecule has 0 saturated heterocycles. The van der Waals surface area contributed by atoms with E-state index in [2.05, 4.69) is 19.9 Å². The molecule has 0 saturated carbocycles. The SMILES string of the molecule is CC(C)=CCC/C(C)=C/Cc1c(O)cc2oc(-c3ccc(C)cc3)cc(=O)c2c1O. The molecule has 4 heteroatoms. The van der Waals surface area contributed by atoms with E-state index in [1.807, 2.05) is 44.2 Å². The monoisotopic (exact) mass is 404 g/mol. The van der Waals surface area contributed by atoms with Crippen molar-refractivity contribution in [1.29, 1.82) is 0 Å². The molecule has 1 aromatic heterocycles. The summed E-state index contributed by atoms with van der Waals surface area (Å²) < 4.78 is 5.84. The van der Waals surface area contributed by atoms with Crippen LogP contribution >= 0.6 is 0 Å². The summed E-state index contributed by atoms with van der Waals surface area (Å²) in [6.07, 6.45) is 6.35. The van der Waals surface area contributed by atoms with Crippen molar-refractivity contribution in [2.45, 2.75) is 47.0 Å². The molecule has 0 amide bonds. The number of benzene rings is 2. The number of hydrogen-bond donors (Lipinski definition) is 2. The molecule has 3 aromatic rings. The summed E-state index contributed by atoms with van der Waals surface area (Å²) in [7, 11) is 0. The molecule has 0 aliphatic carbocycles. The van der Waals surface area contributed by atoms with Crippen LogP contribution in [0.2, 0.25) is 0 Å². The highest BCUT2D eigenvalue weighted by Gasteiger charge is 2.17. The fourth-order valence-corrected chi connectivity index (χ4v) is 3.36. The number of phenols is 2. The second kappa shape index (κ2) is 9.04. The van der Waals surface area contributed by atoms with Crippen molar-refractivity contribution in [2.24, 2.45) is 0 Å². The van der Waals surface area contributed by atoms with Gasteiger partial charge in [-0.25, -0.2) is 0 Å². The molecule has 0 aliphatic rings. The van der Waals surface area contributed by atoms with Gasteiger partial charge in [-0.2, -0.15) is 0 Å². The van der Waals surface area contributed by atoms with E-state index in [1.165, 1.54) is 17.7 Å². The smallest absolute Gasteiger partial charge is 0.197 e. The van der Waals surface area contributed by atoms with Crippen molar-refractivity contribution < 1.29 is 14.6 Å². The predicted molar refractivity (Wildman–Crippen MR) is 122 cm³/mol. The Morgan fingerprint density at radius 2 is 1.73 bits per heavy atom. The molecule has 0 atom stereocenters. The zero-order valence-corrected chi connectivity index (χ0v) is 18.0. The minimum Gasteiger partial charge on any atom is -0.507 e. The van der Waals surface area contributed by atoms with Crippen LogP contribution in [0, 0.1) is 6.92 Å². The summed E-state index contributed by atoms with van der Waals surface area (Å²) in [5.41, 5.74) is 4.47. The van der Waals surface area contributed by atoms with E-state index in [4.69, 9.17) is 4.42 Å². The van der Waals surface area contributed by atoms with Gasteiger partial charge in [-0.05, 0) is 47.0 Å². The van der Waals surface area contributed by atoms with Crippen LogP contribution in [-0.4, -0.2) is 10.2 Å². The molecule has 4 nitrogen and oxygen atoms in total. The Labute approximate surface area is 176 Å². The van der Waals surface area contributed by atoms with Gasteiger partial charge in [-0.3, -0.25) is 4.79 Å². The van der Waals surface area contributed by atoms with Crippen molar-refractivity contribution in [3.05, 3.63) is 81.0 Å². The number of fused-ring (bicyclic) bond motifs is 1. The molecule has 0 radical (unpaired) electrons. The average molecular weight is 405 g/mol. The lowest BCUT2D eigenvalue weighted by molar-refractivity contribution is 0.443. The Hall–Kier alpha value is -3.27. The molecule has 1 heterocycles. The highest BCUT2D eigenvalue weighted by atomic mass is 16.3. The van der Waals surface area contributed by atoms with E-state index in [0.717, 1.165) is 29.5 Å². The van der Waals surface area contributed by atoms with Crippen LogP contribution in [0.5, 0.6) is 11.5 Å². The maximum atomic E-state index is 12.7. The van der Waals surface area contributed by atoms with E-state index >= 15 is 0 Å². The predicted octanol–water partition coefficient (Wildman–Crippen LogP) is 6.41. The molecule has 2 aromatic carbocycles. The highest BCUT2D eigenvalue weighted by molar-refractivity contribution is 5.88. The van der Waals surface area contributed by atoms with Gasteiger partial charge in [0.05, 0.1) is 0 Å². The number of aromatic hydroxyl groups is 2. The van der Waals surface area contributed by atoms with Gasteiger partial charge in [0.2, 0.25) is 0 Å². The minimum absolute atomic E-state index is 0.0856. The maximum absolute atomic E-state index is 12.7. The van der Waals surface area contributed by atoms with Crippen LogP contribution in [0.1, 0.15) is 44.7 Å². The van der Waals surface area contributed by atoms with Gasteiger partial charge in [0.15, 0.2) is 5.43 Å². The summed E-state index contributed by atoms with van der Waals surface area (Å²) in [6, 6.07) is 10.4. The van der Waals surface area contributed by atoms with E-state index in [9.17, 15) is 15.0 Å². The van der Waals surface area contributed by atoms with E-state index in [-0.39, 0.29) is 27.9 Å². The molecule has 30 heavy (non-hydrogen) atoms. The molecule has 3 rings (SSSR count). The molecule has 156 valence electrons. The van der Waals surface area contributed by atoms with Crippen LogP contribution in [0.25, 0.3) is 22.3 Å². The maximum Gasteiger partial charge on any atom is 0.197 e. The van der Waals surface area contributed by atoms with Crippen molar-refractivity contribution in [1.82, 2.24) is 0 Å². The van der Waals surface area contributed by atoms with E-state index < -0.39 is 0 Å². The van der Waals surface area contributed by atoms with Gasteiger partial charge in [0.1, 0.15) is 28.2 Å². The van der Waals surface area contributed by atoms with Gasteiger partial charge in [0.25, 0.3) is 0 Å². The summed E-state index contributed by atoms with van der Waals surface area (Å²) in [4.78, 5) is 12.7. The molecular weight excluding hydrogens is 376 g/mol. The number of aryl methyl sites for hydroxylation is 1. The highest BCUT2D eigenvalue weighted by Crippen LogP contribution is 2.36. The van der Waals surface area contributed by atoms with Crippen LogP contribution in [0.3, 0.4) is 0 Å². The fraction of sp³-hybridized carbons (Fsp3) is 0.269. The van der Waals surface area contributed by atoms with Gasteiger partial charge in [-0.15, -0.1) is 0 Å². The van der Waals surface area contributed by atoms with Crippen LogP contribution < -0.4 is 5.43 Å². The molecule has 0 aliphatic heterocycles. The van der Waals surface area contributed by atoms with Gasteiger partial charge in [-0.1, -0.05) is 53.1 Å². The zero-order chi connectivity index (χ0) is 21.8. The molecule has 0 unspecified atom stereocenters. The third kappa shape index (κ3) is 4.82. The lowest BCUT2D eigenvalue weighted by Crippen LogP contribution is -2.02. The summed E-state index contributed by atoms with van der Waals surface area (Å²) in [5, 5.41) is 21.3. The van der Waals surface area contributed by atoms with E-state index in [1.54, 1.807) is 0 Å². The number of allylic oxidation sites excluding steroid dienone is 4. The lowest BCUT2D eigenvalue weighted by atomic mass is 10.0. The molecule has 0 fully saturated rings. The Morgan fingerprint density at radius 1 is 1.03 bits per heavy atom. The zero-order valence-electron chi connectivity index (χ0n) is 18.0. The van der Waals surface area contributed by atoms with Crippen molar-refractivity contribution >= 4 is 11.0 Å². The van der Waals surface area contributed by atoms with Crippen molar-refractivity contribution in [3.8, 4) is 22.8 Å². The lowest BCUT2D eigenvalue weighted by Gasteiger charge is -2.10. The van der Waals surface area contributed by atoms with Crippen LogP contribution in [0.15, 0.2) is 68.9 Å². The summed E-state index contributed by atoms with van der Waals surface area (Å²) >= 11 is 0. The molecule has 0 bridgehead atoms. The van der Waals surface area contributed by atoms with Crippen LogP contribution in [-0.2, 0) is 6.42 Å². The second-order valence-electron chi connectivity index (χ2n) is 8.01. The number of rotatable bonds is 6. The first-order chi connectivity index (χ1) is 14.3. The van der Waals surface area contributed by atoms with E-state index in [0.29, 0.717) is 17.7 Å². The Bertz CT molecular complexity index is 1170. The normalized spacial score (nSPS) is 11.7. The minimum atomic E-state index is -0.338. The molecular formula is C26H28O4. The van der Waals surface area contributed by atoms with Crippen molar-refractivity contribution in [3.63, 3.8) is 0 Å². The first kappa shape index (κ1) is 21.4. The third-order valence-electron chi connectivity index (χ3n) is 5.16. The first-order valence-corrected chi connectivity index (χ1v) is 10.1. The number of phenolic OH excluding ortho intramolecular Hbond substituents is 2. The Balaban J connectivity index is 1.96. The van der Waals surface area contributed by atoms with Crippen molar-refractivity contribution in [2.75, 3.05) is 0 Å².